The minimum atomic E-state index is -0.0754. The molecule has 5 rings (SSSR count). The number of fused-ring (bicyclic) bond motifs is 1. The maximum Gasteiger partial charge on any atom is 0.150 e. The molecule has 35 heavy (non-hydrogen) atoms. The van der Waals surface area contributed by atoms with Crippen LogP contribution in [0.2, 0.25) is 0 Å². The summed E-state index contributed by atoms with van der Waals surface area (Å²) < 4.78 is 2.03. The first-order valence-corrected chi connectivity index (χ1v) is 11.4. The van der Waals surface area contributed by atoms with E-state index >= 15 is 0 Å². The number of hydrogen-bond donors (Lipinski definition) is 0. The molecule has 0 aliphatic heterocycles. The van der Waals surface area contributed by atoms with E-state index in [1.807, 2.05) is 55.1 Å². The molecule has 0 aliphatic carbocycles. The SMILES string of the molecule is Cc1ccc(C(c2cc(C)c3nc(C#N)c(-c4ccccc4)c(C#N)c3c2)c2cncn2C)cc1. The van der Waals surface area contributed by atoms with Crippen LogP contribution in [-0.2, 0) is 7.05 Å². The molecule has 168 valence electrons. The van der Waals surface area contributed by atoms with Crippen LogP contribution in [0.25, 0.3) is 22.0 Å². The van der Waals surface area contributed by atoms with Crippen molar-refractivity contribution in [3.05, 3.63) is 118 Å². The number of aryl methyl sites for hydroxylation is 3. The lowest BCUT2D eigenvalue weighted by Gasteiger charge is -2.21. The first-order chi connectivity index (χ1) is 17.0. The summed E-state index contributed by atoms with van der Waals surface area (Å²) in [6.45, 7) is 4.06. The summed E-state index contributed by atoms with van der Waals surface area (Å²) in [6, 6.07) is 26.8. The first-order valence-electron chi connectivity index (χ1n) is 11.4. The van der Waals surface area contributed by atoms with Crippen molar-refractivity contribution in [3.8, 4) is 23.3 Å². The van der Waals surface area contributed by atoms with E-state index in [1.165, 1.54) is 5.56 Å². The average Bonchev–Trinajstić information content (AvgIpc) is 3.30. The summed E-state index contributed by atoms with van der Waals surface area (Å²) >= 11 is 0. The molecular formula is C30H23N5. The molecule has 0 aliphatic rings. The molecule has 2 aromatic heterocycles. The van der Waals surface area contributed by atoms with Crippen LogP contribution < -0.4 is 0 Å². The highest BCUT2D eigenvalue weighted by molar-refractivity contribution is 5.95. The Morgan fingerprint density at radius 3 is 2.26 bits per heavy atom. The number of hydrogen-bond acceptors (Lipinski definition) is 4. The maximum atomic E-state index is 10.3. The highest BCUT2D eigenvalue weighted by Gasteiger charge is 2.24. The number of nitrogens with zero attached hydrogens (tertiary/aromatic N) is 5. The second-order valence-electron chi connectivity index (χ2n) is 8.81. The van der Waals surface area contributed by atoms with Crippen LogP contribution in [0.1, 0.15) is 45.1 Å². The monoisotopic (exact) mass is 453 g/mol. The molecule has 0 saturated carbocycles. The average molecular weight is 454 g/mol. The van der Waals surface area contributed by atoms with Crippen molar-refractivity contribution in [2.45, 2.75) is 19.8 Å². The highest BCUT2D eigenvalue weighted by atomic mass is 15.0. The number of imidazole rings is 1. The topological polar surface area (TPSA) is 78.3 Å². The van der Waals surface area contributed by atoms with Crippen molar-refractivity contribution >= 4 is 10.9 Å². The van der Waals surface area contributed by atoms with Gasteiger partial charge >= 0.3 is 0 Å². The minimum absolute atomic E-state index is 0.0754. The molecule has 5 aromatic rings. The quantitative estimate of drug-likeness (QED) is 0.326. The molecule has 0 fully saturated rings. The lowest BCUT2D eigenvalue weighted by Crippen LogP contribution is -2.09. The van der Waals surface area contributed by atoms with E-state index in [0.29, 0.717) is 16.6 Å². The number of aromatic nitrogens is 3. The van der Waals surface area contributed by atoms with E-state index in [0.717, 1.165) is 33.3 Å². The highest BCUT2D eigenvalue weighted by Crippen LogP contribution is 2.38. The van der Waals surface area contributed by atoms with Gasteiger partial charge in [-0.2, -0.15) is 10.5 Å². The fraction of sp³-hybridized carbons (Fsp3) is 0.133. The van der Waals surface area contributed by atoms with E-state index in [-0.39, 0.29) is 11.6 Å². The van der Waals surface area contributed by atoms with Crippen LogP contribution in [-0.4, -0.2) is 14.5 Å². The van der Waals surface area contributed by atoms with Gasteiger partial charge < -0.3 is 4.57 Å². The molecule has 0 amide bonds. The Bertz CT molecular complexity index is 1630. The largest absolute Gasteiger partial charge is 0.337 e. The number of pyridine rings is 1. The van der Waals surface area contributed by atoms with Gasteiger partial charge in [0.05, 0.1) is 23.3 Å². The summed E-state index contributed by atoms with van der Waals surface area (Å²) in [5.74, 6) is -0.0754. The Balaban J connectivity index is 1.83. The molecule has 0 spiro atoms. The van der Waals surface area contributed by atoms with Gasteiger partial charge in [-0.1, -0.05) is 66.2 Å². The van der Waals surface area contributed by atoms with Crippen molar-refractivity contribution in [2.75, 3.05) is 0 Å². The van der Waals surface area contributed by atoms with Gasteiger partial charge in [-0.3, -0.25) is 0 Å². The van der Waals surface area contributed by atoms with Crippen LogP contribution in [0.15, 0.2) is 79.3 Å². The summed E-state index contributed by atoms with van der Waals surface area (Å²) in [5, 5.41) is 20.9. The smallest absolute Gasteiger partial charge is 0.150 e. The van der Waals surface area contributed by atoms with Gasteiger partial charge in [0, 0.05) is 29.9 Å². The van der Waals surface area contributed by atoms with Crippen molar-refractivity contribution in [3.63, 3.8) is 0 Å². The maximum absolute atomic E-state index is 10.3. The van der Waals surface area contributed by atoms with E-state index in [9.17, 15) is 10.5 Å². The normalized spacial score (nSPS) is 11.7. The van der Waals surface area contributed by atoms with Gasteiger partial charge in [0.1, 0.15) is 17.8 Å². The van der Waals surface area contributed by atoms with Crippen molar-refractivity contribution < 1.29 is 0 Å². The van der Waals surface area contributed by atoms with E-state index in [1.54, 1.807) is 6.33 Å². The van der Waals surface area contributed by atoms with Crippen molar-refractivity contribution in [2.24, 2.45) is 7.05 Å². The molecule has 0 radical (unpaired) electrons. The standard InChI is InChI=1S/C30H23N5/c1-19-9-11-22(12-10-19)28(27-17-33-18-35(27)3)23-13-20(2)30-24(14-23)25(15-31)29(26(16-32)34-30)21-7-5-4-6-8-21/h4-14,17-18,28H,1-3H3. The molecule has 0 saturated heterocycles. The van der Waals surface area contributed by atoms with E-state index in [4.69, 9.17) is 4.98 Å². The number of nitriles is 2. The van der Waals surface area contributed by atoms with Gasteiger partial charge in [0.2, 0.25) is 0 Å². The predicted molar refractivity (Wildman–Crippen MR) is 137 cm³/mol. The molecule has 0 bridgehead atoms. The van der Waals surface area contributed by atoms with Crippen LogP contribution in [0.5, 0.6) is 0 Å². The fourth-order valence-electron chi connectivity index (χ4n) is 4.76. The molecule has 3 aromatic carbocycles. The molecule has 5 heteroatoms. The van der Waals surface area contributed by atoms with Gasteiger partial charge in [-0.05, 0) is 42.2 Å². The van der Waals surface area contributed by atoms with Crippen molar-refractivity contribution in [1.29, 1.82) is 10.5 Å². The summed E-state index contributed by atoms with van der Waals surface area (Å²) in [6.07, 6.45) is 3.70. The van der Waals surface area contributed by atoms with Crippen LogP contribution in [0, 0.1) is 36.5 Å². The lowest BCUT2D eigenvalue weighted by molar-refractivity contribution is 0.792. The Morgan fingerprint density at radius 2 is 1.63 bits per heavy atom. The zero-order valence-corrected chi connectivity index (χ0v) is 19.8. The van der Waals surface area contributed by atoms with Crippen LogP contribution in [0.4, 0.5) is 0 Å². The van der Waals surface area contributed by atoms with Crippen LogP contribution in [0.3, 0.4) is 0 Å². The summed E-state index contributed by atoms with van der Waals surface area (Å²) in [7, 11) is 1.99. The first kappa shape index (κ1) is 22.1. The van der Waals surface area contributed by atoms with Gasteiger partial charge in [-0.15, -0.1) is 0 Å². The zero-order chi connectivity index (χ0) is 24.5. The Morgan fingerprint density at radius 1 is 0.886 bits per heavy atom. The lowest BCUT2D eigenvalue weighted by atomic mass is 9.85. The molecule has 5 nitrogen and oxygen atoms in total. The number of rotatable bonds is 4. The predicted octanol–water partition coefficient (Wildman–Crippen LogP) is 6.18. The zero-order valence-electron chi connectivity index (χ0n) is 19.8. The second kappa shape index (κ2) is 8.89. The molecule has 1 atom stereocenters. The van der Waals surface area contributed by atoms with Gasteiger partial charge in [0.15, 0.2) is 0 Å². The molecule has 2 heterocycles. The molecular weight excluding hydrogens is 430 g/mol. The van der Waals surface area contributed by atoms with Gasteiger partial charge in [-0.25, -0.2) is 9.97 Å². The minimum Gasteiger partial charge on any atom is -0.337 e. The molecule has 0 N–H and O–H groups in total. The molecule has 1 unspecified atom stereocenters. The Labute approximate surface area is 204 Å². The van der Waals surface area contributed by atoms with Crippen molar-refractivity contribution in [1.82, 2.24) is 14.5 Å². The summed E-state index contributed by atoms with van der Waals surface area (Å²) in [5.41, 5.74) is 8.14. The third-order valence-electron chi connectivity index (χ3n) is 6.48. The van der Waals surface area contributed by atoms with Crippen LogP contribution >= 0.6 is 0 Å². The van der Waals surface area contributed by atoms with Gasteiger partial charge in [0.25, 0.3) is 0 Å². The Hall–Kier alpha value is -4.74. The second-order valence-corrected chi connectivity index (χ2v) is 8.81. The van der Waals surface area contributed by atoms with E-state index in [2.05, 4.69) is 60.4 Å². The third-order valence-corrected chi connectivity index (χ3v) is 6.48. The number of benzene rings is 3. The Kier molecular flexibility index (Phi) is 5.61. The van der Waals surface area contributed by atoms with E-state index < -0.39 is 0 Å². The third kappa shape index (κ3) is 3.84. The summed E-state index contributed by atoms with van der Waals surface area (Å²) in [4.78, 5) is 9.08. The fourth-order valence-corrected chi connectivity index (χ4v) is 4.76.